The maximum absolute atomic E-state index is 5.98. The van der Waals surface area contributed by atoms with E-state index < -0.39 is 0 Å². The minimum atomic E-state index is 0. The number of para-hydroxylation sites is 1. The zero-order valence-electron chi connectivity index (χ0n) is 18.4. The molecule has 1 aromatic heterocycles. The van der Waals surface area contributed by atoms with Crippen LogP contribution in [0.5, 0.6) is 0 Å². The average molecular weight is 498 g/mol. The maximum Gasteiger partial charge on any atom is 0.0465 e. The lowest BCUT2D eigenvalue weighted by molar-refractivity contribution is 1.31. The molecule has 4 aromatic rings. The number of benzene rings is 3. The number of halogens is 2. The van der Waals surface area contributed by atoms with E-state index in [-0.39, 0.29) is 7.43 Å². The summed E-state index contributed by atoms with van der Waals surface area (Å²) >= 11 is 13.0. The topological polar surface area (TPSA) is 41.8 Å². The third-order valence-electron chi connectivity index (χ3n) is 4.58. The number of thioether (sulfide) groups is 1. The molecule has 0 saturated heterocycles. The van der Waals surface area contributed by atoms with Crippen LogP contribution in [0.25, 0.3) is 28.2 Å². The summed E-state index contributed by atoms with van der Waals surface area (Å²) in [5.41, 5.74) is 12.0. The number of H-pyrrole nitrogens is 1. The Bertz CT molecular complexity index is 1220. The van der Waals surface area contributed by atoms with Gasteiger partial charge in [-0.1, -0.05) is 87.5 Å². The zero-order valence-corrected chi connectivity index (χ0v) is 20.7. The molecule has 0 unspecified atom stereocenters. The molecule has 0 saturated carbocycles. The zero-order chi connectivity index (χ0) is 23.7. The fourth-order valence-corrected chi connectivity index (χ4v) is 4.14. The van der Waals surface area contributed by atoms with Gasteiger partial charge < -0.3 is 10.7 Å². The van der Waals surface area contributed by atoms with Gasteiger partial charge in [0.1, 0.15) is 0 Å². The molecular weight excluding hydrogens is 467 g/mol. The molecule has 0 amide bonds. The van der Waals surface area contributed by atoms with E-state index in [4.69, 9.17) is 35.4 Å². The lowest BCUT2D eigenvalue weighted by Crippen LogP contribution is -1.89. The predicted molar refractivity (Wildman–Crippen MR) is 152 cm³/mol. The molecule has 0 aliphatic carbocycles. The van der Waals surface area contributed by atoms with Crippen LogP contribution in [-0.2, 0) is 0 Å². The van der Waals surface area contributed by atoms with Gasteiger partial charge in [-0.05, 0) is 65.4 Å². The second kappa shape index (κ2) is 13.7. The van der Waals surface area contributed by atoms with Gasteiger partial charge in [-0.15, -0.1) is 6.42 Å². The van der Waals surface area contributed by atoms with Crippen LogP contribution in [0.2, 0.25) is 10.0 Å². The third kappa shape index (κ3) is 7.37. The lowest BCUT2D eigenvalue weighted by atomic mass is 10.1. The summed E-state index contributed by atoms with van der Waals surface area (Å²) in [5.74, 6) is 0. The van der Waals surface area contributed by atoms with Crippen LogP contribution in [0.3, 0.4) is 0 Å². The van der Waals surface area contributed by atoms with Crippen molar-refractivity contribution in [3.63, 3.8) is 0 Å². The predicted octanol–water partition coefficient (Wildman–Crippen LogP) is 9.71. The Labute approximate surface area is 212 Å². The first-order valence-electron chi connectivity index (χ1n) is 10.1. The lowest BCUT2D eigenvalue weighted by Gasteiger charge is -2.03. The van der Waals surface area contributed by atoms with E-state index in [9.17, 15) is 0 Å². The standard InChI is InChI=1S/C16H14N2.C9H6Cl2S.C2H6.CH4/c1-2-11-7-8-13(9-14(11)17)16-10-12-5-3-4-6-15(12)18-16;1-3-12-9-5-7(10)4-8(11)6(9)2;1-2;/h2-10,18H,1,17H2;1,4-5H,2H3;1-2H3;1H4. The number of hydrogen-bond donors (Lipinski definition) is 2. The highest BCUT2D eigenvalue weighted by Gasteiger charge is 2.05. The first kappa shape index (κ1) is 28.3. The van der Waals surface area contributed by atoms with Gasteiger partial charge in [0.15, 0.2) is 0 Å². The Balaban J connectivity index is 0.000000320. The van der Waals surface area contributed by atoms with Crippen molar-refractivity contribution < 1.29 is 0 Å². The molecule has 3 aromatic carbocycles. The van der Waals surface area contributed by atoms with Crippen molar-refractivity contribution in [3.05, 3.63) is 88.4 Å². The summed E-state index contributed by atoms with van der Waals surface area (Å²) < 4.78 is 0. The fourth-order valence-electron chi connectivity index (χ4n) is 2.95. The largest absolute Gasteiger partial charge is 0.398 e. The highest BCUT2D eigenvalue weighted by molar-refractivity contribution is 8.04. The summed E-state index contributed by atoms with van der Waals surface area (Å²) in [6.45, 7) is 9.66. The van der Waals surface area contributed by atoms with E-state index in [2.05, 4.69) is 41.1 Å². The van der Waals surface area contributed by atoms with Crippen LogP contribution in [0.15, 0.2) is 72.1 Å². The number of hydrogen-bond acceptors (Lipinski definition) is 2. The number of aromatic nitrogens is 1. The van der Waals surface area contributed by atoms with E-state index in [0.717, 1.165) is 38.5 Å². The average Bonchev–Trinajstić information content (AvgIpc) is 3.23. The van der Waals surface area contributed by atoms with Gasteiger partial charge in [0, 0.05) is 42.8 Å². The molecule has 0 atom stereocenters. The summed E-state index contributed by atoms with van der Waals surface area (Å²) in [6, 6.07) is 19.9. The molecule has 33 heavy (non-hydrogen) atoms. The van der Waals surface area contributed by atoms with Crippen molar-refractivity contribution >= 4 is 57.6 Å². The molecule has 5 heteroatoms. The van der Waals surface area contributed by atoms with Gasteiger partial charge in [0.2, 0.25) is 0 Å². The van der Waals surface area contributed by atoms with Crippen molar-refractivity contribution in [3.8, 4) is 22.9 Å². The molecule has 1 heterocycles. The highest BCUT2D eigenvalue weighted by Crippen LogP contribution is 2.31. The Hall–Kier alpha value is -2.77. The molecular formula is C28H30Cl2N2S. The Morgan fingerprint density at radius 1 is 1.06 bits per heavy atom. The van der Waals surface area contributed by atoms with Gasteiger partial charge in [-0.2, -0.15) is 0 Å². The van der Waals surface area contributed by atoms with Crippen molar-refractivity contribution in [1.82, 2.24) is 4.98 Å². The first-order chi connectivity index (χ1) is 15.4. The number of rotatable bonds is 3. The van der Waals surface area contributed by atoms with Gasteiger partial charge in [0.05, 0.1) is 0 Å². The molecule has 4 rings (SSSR count). The van der Waals surface area contributed by atoms with Crippen molar-refractivity contribution in [2.24, 2.45) is 0 Å². The van der Waals surface area contributed by atoms with Gasteiger partial charge in [-0.3, -0.25) is 0 Å². The minimum absolute atomic E-state index is 0. The van der Waals surface area contributed by atoms with Crippen LogP contribution in [0, 0.1) is 18.6 Å². The van der Waals surface area contributed by atoms with Gasteiger partial charge in [0.25, 0.3) is 0 Å². The number of nitrogens with two attached hydrogens (primary N) is 1. The molecule has 3 N–H and O–H groups in total. The molecule has 0 bridgehead atoms. The quantitative estimate of drug-likeness (QED) is 0.168. The molecule has 0 spiro atoms. The molecule has 2 nitrogen and oxygen atoms in total. The Kier molecular flexibility index (Phi) is 11.7. The van der Waals surface area contributed by atoms with E-state index in [1.807, 2.05) is 51.1 Å². The van der Waals surface area contributed by atoms with Crippen molar-refractivity contribution in [2.75, 3.05) is 5.73 Å². The number of nitrogen functional groups attached to an aromatic ring is 1. The van der Waals surface area contributed by atoms with Crippen LogP contribution < -0.4 is 5.73 Å². The van der Waals surface area contributed by atoms with E-state index >= 15 is 0 Å². The van der Waals surface area contributed by atoms with Crippen LogP contribution in [-0.4, -0.2) is 4.98 Å². The second-order valence-corrected chi connectivity index (χ2v) is 8.27. The number of nitrogens with one attached hydrogen (secondary N) is 1. The fraction of sp³-hybridized carbons (Fsp3) is 0.143. The van der Waals surface area contributed by atoms with Crippen LogP contribution in [0.1, 0.15) is 32.4 Å². The molecule has 0 aliphatic rings. The van der Waals surface area contributed by atoms with Crippen LogP contribution in [0.4, 0.5) is 5.69 Å². The van der Waals surface area contributed by atoms with E-state index in [0.29, 0.717) is 10.0 Å². The number of terminal acetylenes is 1. The number of aromatic amines is 1. The summed E-state index contributed by atoms with van der Waals surface area (Å²) in [6.07, 6.45) is 6.92. The summed E-state index contributed by atoms with van der Waals surface area (Å²) in [7, 11) is 0. The molecule has 0 fully saturated rings. The molecule has 172 valence electrons. The monoisotopic (exact) mass is 496 g/mol. The third-order valence-corrected chi connectivity index (χ3v) is 5.95. The Morgan fingerprint density at radius 3 is 2.36 bits per heavy atom. The maximum atomic E-state index is 5.98. The smallest absolute Gasteiger partial charge is 0.0465 e. The van der Waals surface area contributed by atoms with Crippen LogP contribution >= 0.6 is 35.0 Å². The normalized spacial score (nSPS) is 9.45. The number of anilines is 1. The highest BCUT2D eigenvalue weighted by atomic mass is 35.5. The van der Waals surface area contributed by atoms with E-state index in [1.165, 1.54) is 17.1 Å². The summed E-state index contributed by atoms with van der Waals surface area (Å²) in [4.78, 5) is 4.33. The summed E-state index contributed by atoms with van der Waals surface area (Å²) in [5, 5.41) is 4.95. The van der Waals surface area contributed by atoms with E-state index in [1.54, 1.807) is 12.1 Å². The van der Waals surface area contributed by atoms with Crippen molar-refractivity contribution in [1.29, 1.82) is 0 Å². The molecule has 0 aliphatic heterocycles. The van der Waals surface area contributed by atoms with Crippen molar-refractivity contribution in [2.45, 2.75) is 33.1 Å². The SMILES string of the molecule is C.C#CSc1cc(Cl)cc(Cl)c1C.C=Cc1ccc(-c2cc3ccccc3[nH]2)cc1N.CC. The number of fused-ring (bicyclic) bond motifs is 1. The van der Waals surface area contributed by atoms with Gasteiger partial charge >= 0.3 is 0 Å². The van der Waals surface area contributed by atoms with Gasteiger partial charge in [-0.25, -0.2) is 0 Å². The Morgan fingerprint density at radius 2 is 1.76 bits per heavy atom. The first-order valence-corrected chi connectivity index (χ1v) is 11.7. The molecule has 0 radical (unpaired) electrons. The minimum Gasteiger partial charge on any atom is -0.398 e. The second-order valence-electron chi connectivity index (χ2n) is 6.55.